The van der Waals surface area contributed by atoms with Crippen LogP contribution in [0.25, 0.3) is 5.69 Å². The van der Waals surface area contributed by atoms with Gasteiger partial charge in [-0.25, -0.2) is 14.6 Å². The van der Waals surface area contributed by atoms with E-state index < -0.39 is 11.3 Å². The monoisotopic (exact) mass is 351 g/mol. The molecule has 1 aromatic heterocycles. The van der Waals surface area contributed by atoms with Crippen LogP contribution in [0.5, 0.6) is 0 Å². The standard InChI is InChI=1S/C20H18FN3O2/c1-13-16(8-5-9-17(13)21)20(19(25)23-26)10-14-12-22-24(18(14)11-20)15-6-3-2-4-7-15/h2-9,12,26H,10-11H2,1H3,(H,23,25)/t20-/m1/s1. The zero-order chi connectivity index (χ0) is 18.3. The van der Waals surface area contributed by atoms with Gasteiger partial charge in [-0.15, -0.1) is 0 Å². The van der Waals surface area contributed by atoms with Crippen molar-refractivity contribution in [3.8, 4) is 5.69 Å². The number of fused-ring (bicyclic) bond motifs is 1. The fraction of sp³-hybridized carbons (Fsp3) is 0.200. The molecule has 0 aliphatic heterocycles. The van der Waals surface area contributed by atoms with E-state index in [0.717, 1.165) is 16.9 Å². The number of hydroxylamine groups is 1. The molecule has 2 aromatic carbocycles. The van der Waals surface area contributed by atoms with Crippen LogP contribution >= 0.6 is 0 Å². The highest BCUT2D eigenvalue weighted by Gasteiger charge is 2.48. The lowest BCUT2D eigenvalue weighted by Gasteiger charge is -2.29. The van der Waals surface area contributed by atoms with Gasteiger partial charge in [-0.2, -0.15) is 5.10 Å². The van der Waals surface area contributed by atoms with Crippen molar-refractivity contribution in [1.82, 2.24) is 15.3 Å². The van der Waals surface area contributed by atoms with Gasteiger partial charge < -0.3 is 0 Å². The molecule has 26 heavy (non-hydrogen) atoms. The molecule has 0 fully saturated rings. The minimum atomic E-state index is -1.06. The second kappa shape index (κ2) is 6.07. The van der Waals surface area contributed by atoms with Crippen molar-refractivity contribution in [1.29, 1.82) is 0 Å². The quantitative estimate of drug-likeness (QED) is 0.563. The fourth-order valence-electron chi connectivity index (χ4n) is 3.92. The maximum Gasteiger partial charge on any atom is 0.254 e. The summed E-state index contributed by atoms with van der Waals surface area (Å²) in [5.41, 5.74) is 4.42. The molecule has 0 unspecified atom stereocenters. The number of hydrogen-bond donors (Lipinski definition) is 2. The molecule has 0 spiro atoms. The van der Waals surface area contributed by atoms with Gasteiger partial charge in [-0.05, 0) is 48.2 Å². The van der Waals surface area contributed by atoms with E-state index in [4.69, 9.17) is 0 Å². The summed E-state index contributed by atoms with van der Waals surface area (Å²) in [7, 11) is 0. The molecule has 2 N–H and O–H groups in total. The Morgan fingerprint density at radius 3 is 2.69 bits per heavy atom. The minimum absolute atomic E-state index is 0.327. The molecule has 1 amide bonds. The first-order valence-electron chi connectivity index (χ1n) is 8.38. The van der Waals surface area contributed by atoms with Gasteiger partial charge in [0.05, 0.1) is 17.3 Å². The molecule has 0 saturated carbocycles. The van der Waals surface area contributed by atoms with Gasteiger partial charge in [0.15, 0.2) is 0 Å². The summed E-state index contributed by atoms with van der Waals surface area (Å²) in [6.07, 6.45) is 2.42. The number of amides is 1. The molecule has 4 rings (SSSR count). The van der Waals surface area contributed by atoms with Crippen molar-refractivity contribution in [3.05, 3.63) is 82.9 Å². The average Bonchev–Trinajstić information content (AvgIpc) is 3.22. The lowest BCUT2D eigenvalue weighted by atomic mass is 9.75. The van der Waals surface area contributed by atoms with Crippen LogP contribution in [0.2, 0.25) is 0 Å². The summed E-state index contributed by atoms with van der Waals surface area (Å²) in [5, 5.41) is 13.8. The summed E-state index contributed by atoms with van der Waals surface area (Å²) in [5.74, 6) is -0.907. The average molecular weight is 351 g/mol. The zero-order valence-corrected chi connectivity index (χ0v) is 14.2. The SMILES string of the molecule is Cc1c(F)cccc1[C@@]1(C(=O)NO)Cc2cnn(-c3ccccc3)c2C1. The van der Waals surface area contributed by atoms with Crippen molar-refractivity contribution < 1.29 is 14.4 Å². The number of carbonyl (C=O) groups is 1. The molecular formula is C20H18FN3O2. The third-order valence-corrected chi connectivity index (χ3v) is 5.24. The van der Waals surface area contributed by atoms with Crippen LogP contribution in [-0.2, 0) is 23.1 Å². The third-order valence-electron chi connectivity index (χ3n) is 5.24. The third kappa shape index (κ3) is 2.34. The molecule has 0 saturated heterocycles. The molecule has 1 aliphatic carbocycles. The summed E-state index contributed by atoms with van der Waals surface area (Å²) in [4.78, 5) is 12.7. The predicted molar refractivity (Wildman–Crippen MR) is 93.7 cm³/mol. The smallest absolute Gasteiger partial charge is 0.254 e. The Kier molecular flexibility index (Phi) is 3.85. The Morgan fingerprint density at radius 1 is 1.19 bits per heavy atom. The van der Waals surface area contributed by atoms with Crippen LogP contribution in [-0.4, -0.2) is 20.9 Å². The second-order valence-corrected chi connectivity index (χ2v) is 6.65. The number of hydrogen-bond acceptors (Lipinski definition) is 3. The van der Waals surface area contributed by atoms with E-state index in [1.807, 2.05) is 30.3 Å². The first-order chi connectivity index (χ1) is 12.6. The first-order valence-corrected chi connectivity index (χ1v) is 8.38. The van der Waals surface area contributed by atoms with Crippen LogP contribution in [0.1, 0.15) is 22.4 Å². The highest BCUT2D eigenvalue weighted by Crippen LogP contribution is 2.42. The predicted octanol–water partition coefficient (Wildman–Crippen LogP) is 2.86. The molecule has 6 heteroatoms. The molecule has 0 radical (unpaired) electrons. The zero-order valence-electron chi connectivity index (χ0n) is 14.2. The van der Waals surface area contributed by atoms with Gasteiger partial charge >= 0.3 is 0 Å². The van der Waals surface area contributed by atoms with Crippen molar-refractivity contribution in [3.63, 3.8) is 0 Å². The molecule has 5 nitrogen and oxygen atoms in total. The van der Waals surface area contributed by atoms with Crippen molar-refractivity contribution in [2.75, 3.05) is 0 Å². The minimum Gasteiger partial charge on any atom is -0.289 e. The maximum absolute atomic E-state index is 14.2. The molecule has 1 atom stereocenters. The number of nitrogens with one attached hydrogen (secondary N) is 1. The van der Waals surface area contributed by atoms with E-state index in [9.17, 15) is 14.4 Å². The fourth-order valence-corrected chi connectivity index (χ4v) is 3.92. The number of carbonyl (C=O) groups excluding carboxylic acids is 1. The molecule has 0 bridgehead atoms. The Hall–Kier alpha value is -2.99. The number of benzene rings is 2. The van der Waals surface area contributed by atoms with Gasteiger partial charge in [-0.1, -0.05) is 30.3 Å². The highest BCUT2D eigenvalue weighted by molar-refractivity contribution is 5.89. The van der Waals surface area contributed by atoms with Gasteiger partial charge in [0.1, 0.15) is 5.82 Å². The van der Waals surface area contributed by atoms with Crippen molar-refractivity contribution in [2.45, 2.75) is 25.2 Å². The Labute approximate surface area is 150 Å². The van der Waals surface area contributed by atoms with Gasteiger partial charge in [0.25, 0.3) is 5.91 Å². The van der Waals surface area contributed by atoms with Crippen LogP contribution < -0.4 is 5.48 Å². The van der Waals surface area contributed by atoms with E-state index in [1.165, 1.54) is 6.07 Å². The number of nitrogens with zero attached hydrogens (tertiary/aromatic N) is 2. The maximum atomic E-state index is 14.2. The van der Waals surface area contributed by atoms with Crippen LogP contribution in [0.15, 0.2) is 54.7 Å². The normalized spacial score (nSPS) is 18.6. The first kappa shape index (κ1) is 16.5. The van der Waals surface area contributed by atoms with Gasteiger partial charge in [-0.3, -0.25) is 10.0 Å². The summed E-state index contributed by atoms with van der Waals surface area (Å²) >= 11 is 0. The van der Waals surface area contributed by atoms with Crippen molar-refractivity contribution in [2.24, 2.45) is 0 Å². The van der Waals surface area contributed by atoms with E-state index in [0.29, 0.717) is 24.0 Å². The lowest BCUT2D eigenvalue weighted by molar-refractivity contribution is -0.135. The molecule has 1 aliphatic rings. The van der Waals surface area contributed by atoms with Crippen LogP contribution in [0.4, 0.5) is 4.39 Å². The summed E-state index contributed by atoms with van der Waals surface area (Å²) in [6, 6.07) is 14.4. The molecule has 132 valence electrons. The van der Waals surface area contributed by atoms with Gasteiger partial charge in [0.2, 0.25) is 0 Å². The van der Waals surface area contributed by atoms with E-state index in [1.54, 1.807) is 35.4 Å². The number of aromatic nitrogens is 2. The molecular weight excluding hydrogens is 333 g/mol. The van der Waals surface area contributed by atoms with Gasteiger partial charge in [0, 0.05) is 12.1 Å². The Bertz CT molecular complexity index is 984. The molecule has 3 aromatic rings. The second-order valence-electron chi connectivity index (χ2n) is 6.65. The Balaban J connectivity index is 1.85. The summed E-state index contributed by atoms with van der Waals surface area (Å²) < 4.78 is 16.0. The van der Waals surface area contributed by atoms with Crippen LogP contribution in [0, 0.1) is 12.7 Å². The number of rotatable bonds is 3. The lowest BCUT2D eigenvalue weighted by Crippen LogP contribution is -2.45. The number of halogens is 1. The molecule has 1 heterocycles. The Morgan fingerprint density at radius 2 is 1.96 bits per heavy atom. The topological polar surface area (TPSA) is 67.2 Å². The van der Waals surface area contributed by atoms with Crippen LogP contribution in [0.3, 0.4) is 0 Å². The summed E-state index contributed by atoms with van der Waals surface area (Å²) in [6.45, 7) is 1.66. The largest absolute Gasteiger partial charge is 0.289 e. The number of para-hydroxylation sites is 1. The van der Waals surface area contributed by atoms with E-state index in [-0.39, 0.29) is 5.82 Å². The van der Waals surface area contributed by atoms with Crippen molar-refractivity contribution >= 4 is 5.91 Å². The highest BCUT2D eigenvalue weighted by atomic mass is 19.1. The van der Waals surface area contributed by atoms with E-state index >= 15 is 0 Å². The van der Waals surface area contributed by atoms with E-state index in [2.05, 4.69) is 5.10 Å².